The molecule has 1 aromatic rings. The highest BCUT2D eigenvalue weighted by molar-refractivity contribution is 5.79. The quantitative estimate of drug-likeness (QED) is 0.933. The van der Waals surface area contributed by atoms with Crippen molar-refractivity contribution in [3.05, 3.63) is 35.9 Å². The number of likely N-dealkylation sites (tertiary alicyclic amines) is 1. The fourth-order valence-corrected chi connectivity index (χ4v) is 3.55. The number of piperidine rings is 1. The molecule has 0 radical (unpaired) electrons. The number of rotatable bonds is 3. The van der Waals surface area contributed by atoms with E-state index in [0.29, 0.717) is 6.61 Å². The highest BCUT2D eigenvalue weighted by Crippen LogP contribution is 2.31. The van der Waals surface area contributed by atoms with Crippen LogP contribution in [0.1, 0.15) is 37.4 Å². The molecule has 120 valence electrons. The summed E-state index contributed by atoms with van der Waals surface area (Å²) in [4.78, 5) is 14.4. The Balaban J connectivity index is 1.52. The highest BCUT2D eigenvalue weighted by Gasteiger charge is 2.32. The summed E-state index contributed by atoms with van der Waals surface area (Å²) in [5, 5.41) is 10.5. The van der Waals surface area contributed by atoms with Crippen molar-refractivity contribution in [1.82, 2.24) is 4.90 Å². The van der Waals surface area contributed by atoms with Crippen molar-refractivity contribution >= 4 is 5.91 Å². The monoisotopic (exact) mass is 303 g/mol. The predicted octanol–water partition coefficient (Wildman–Crippen LogP) is 2.39. The molecule has 3 rings (SSSR count). The lowest BCUT2D eigenvalue weighted by atomic mass is 9.87. The Morgan fingerprint density at radius 2 is 1.91 bits per heavy atom. The van der Waals surface area contributed by atoms with E-state index >= 15 is 0 Å². The summed E-state index contributed by atoms with van der Waals surface area (Å²) in [5.41, 5.74) is 0.980. The molecule has 2 aliphatic rings. The number of nitrogens with zero attached hydrogens (tertiary/aromatic N) is 1. The van der Waals surface area contributed by atoms with Crippen LogP contribution in [0, 0.1) is 11.8 Å². The Morgan fingerprint density at radius 1 is 1.18 bits per heavy atom. The van der Waals surface area contributed by atoms with Crippen molar-refractivity contribution in [3.8, 4) is 0 Å². The second-order valence-corrected chi connectivity index (χ2v) is 6.43. The molecule has 0 saturated carbocycles. The van der Waals surface area contributed by atoms with Gasteiger partial charge in [0.25, 0.3) is 0 Å². The van der Waals surface area contributed by atoms with Gasteiger partial charge >= 0.3 is 0 Å². The maximum atomic E-state index is 12.5. The van der Waals surface area contributed by atoms with Crippen LogP contribution in [0.2, 0.25) is 0 Å². The summed E-state index contributed by atoms with van der Waals surface area (Å²) in [6, 6.07) is 9.83. The van der Waals surface area contributed by atoms with E-state index in [4.69, 9.17) is 4.74 Å². The van der Waals surface area contributed by atoms with E-state index in [9.17, 15) is 9.90 Å². The first-order valence-corrected chi connectivity index (χ1v) is 8.35. The van der Waals surface area contributed by atoms with Crippen LogP contribution in [0.25, 0.3) is 0 Å². The topological polar surface area (TPSA) is 49.8 Å². The third kappa shape index (κ3) is 3.50. The van der Waals surface area contributed by atoms with E-state index in [0.717, 1.165) is 50.9 Å². The zero-order chi connectivity index (χ0) is 15.4. The largest absolute Gasteiger partial charge is 0.388 e. The molecule has 4 nitrogen and oxygen atoms in total. The normalized spacial score (nSPS) is 25.0. The number of hydrogen-bond acceptors (Lipinski definition) is 3. The Morgan fingerprint density at radius 3 is 2.55 bits per heavy atom. The molecule has 22 heavy (non-hydrogen) atoms. The molecule has 2 heterocycles. The van der Waals surface area contributed by atoms with E-state index < -0.39 is 6.10 Å². The predicted molar refractivity (Wildman–Crippen MR) is 84.2 cm³/mol. The summed E-state index contributed by atoms with van der Waals surface area (Å²) in [5.74, 6) is 0.533. The van der Waals surface area contributed by atoms with Gasteiger partial charge in [-0.05, 0) is 37.2 Å². The minimum absolute atomic E-state index is 0.0457. The lowest BCUT2D eigenvalue weighted by Gasteiger charge is -2.36. The molecule has 0 bridgehead atoms. The van der Waals surface area contributed by atoms with E-state index in [1.807, 2.05) is 35.2 Å². The summed E-state index contributed by atoms with van der Waals surface area (Å²) < 4.78 is 5.42. The van der Waals surface area contributed by atoms with Gasteiger partial charge in [-0.3, -0.25) is 4.79 Å². The number of carbonyl (C=O) groups is 1. The van der Waals surface area contributed by atoms with Crippen LogP contribution in [0.3, 0.4) is 0 Å². The van der Waals surface area contributed by atoms with Gasteiger partial charge in [-0.15, -0.1) is 0 Å². The number of benzene rings is 1. The Hall–Kier alpha value is -1.39. The van der Waals surface area contributed by atoms with Gasteiger partial charge in [-0.2, -0.15) is 0 Å². The molecular formula is C18H25NO3. The molecule has 1 aromatic carbocycles. The molecule has 2 unspecified atom stereocenters. The number of aliphatic hydroxyl groups excluding tert-OH is 1. The molecule has 4 heteroatoms. The lowest BCUT2D eigenvalue weighted by molar-refractivity contribution is -0.141. The lowest BCUT2D eigenvalue weighted by Crippen LogP contribution is -2.44. The van der Waals surface area contributed by atoms with E-state index in [1.165, 1.54) is 0 Å². The average molecular weight is 303 g/mol. The standard InChI is InChI=1S/C18H25NO3/c20-17(14-5-2-1-3-6-14)15-8-10-19(11-9-15)18(21)16-7-4-12-22-13-16/h1-3,5-6,15-17,20H,4,7-13H2. The van der Waals surface area contributed by atoms with Crippen molar-refractivity contribution in [2.75, 3.05) is 26.3 Å². The van der Waals surface area contributed by atoms with Crippen molar-refractivity contribution in [1.29, 1.82) is 0 Å². The van der Waals surface area contributed by atoms with Crippen LogP contribution in [0.4, 0.5) is 0 Å². The molecule has 0 aromatic heterocycles. The minimum atomic E-state index is -0.420. The first kappa shape index (κ1) is 15.5. The van der Waals surface area contributed by atoms with Gasteiger partial charge in [0.1, 0.15) is 0 Å². The van der Waals surface area contributed by atoms with E-state index in [1.54, 1.807) is 0 Å². The van der Waals surface area contributed by atoms with Gasteiger partial charge in [0, 0.05) is 19.7 Å². The summed E-state index contributed by atoms with van der Waals surface area (Å²) in [6.45, 7) is 2.87. The number of hydrogen-bond donors (Lipinski definition) is 1. The third-order valence-corrected chi connectivity index (χ3v) is 4.95. The zero-order valence-electron chi connectivity index (χ0n) is 13.0. The van der Waals surface area contributed by atoms with Crippen LogP contribution >= 0.6 is 0 Å². The van der Waals surface area contributed by atoms with E-state index in [2.05, 4.69) is 0 Å². The second kappa shape index (κ2) is 7.25. The maximum absolute atomic E-state index is 12.5. The van der Waals surface area contributed by atoms with Crippen LogP contribution in [0.15, 0.2) is 30.3 Å². The summed E-state index contributed by atoms with van der Waals surface area (Å²) in [7, 11) is 0. The van der Waals surface area contributed by atoms with Crippen molar-refractivity contribution in [2.45, 2.75) is 31.8 Å². The molecule has 2 aliphatic heterocycles. The maximum Gasteiger partial charge on any atom is 0.228 e. The highest BCUT2D eigenvalue weighted by atomic mass is 16.5. The zero-order valence-corrected chi connectivity index (χ0v) is 13.0. The van der Waals surface area contributed by atoms with Gasteiger partial charge in [-0.25, -0.2) is 0 Å². The fourth-order valence-electron chi connectivity index (χ4n) is 3.55. The molecule has 2 saturated heterocycles. The summed E-state index contributed by atoms with van der Waals surface area (Å²) >= 11 is 0. The molecule has 2 atom stereocenters. The average Bonchev–Trinajstić information content (AvgIpc) is 2.62. The van der Waals surface area contributed by atoms with E-state index in [-0.39, 0.29) is 17.7 Å². The van der Waals surface area contributed by atoms with Crippen LogP contribution in [0.5, 0.6) is 0 Å². The third-order valence-electron chi connectivity index (χ3n) is 4.95. The van der Waals surface area contributed by atoms with Gasteiger partial charge in [0.15, 0.2) is 0 Å². The van der Waals surface area contributed by atoms with Crippen molar-refractivity contribution < 1.29 is 14.6 Å². The molecule has 0 spiro atoms. The van der Waals surface area contributed by atoms with Crippen LogP contribution in [-0.2, 0) is 9.53 Å². The van der Waals surface area contributed by atoms with Crippen LogP contribution < -0.4 is 0 Å². The molecule has 1 amide bonds. The van der Waals surface area contributed by atoms with Gasteiger partial charge in [-0.1, -0.05) is 30.3 Å². The summed E-state index contributed by atoms with van der Waals surface area (Å²) in [6.07, 6.45) is 3.26. The SMILES string of the molecule is O=C(C1CCCOC1)N1CCC(C(O)c2ccccc2)CC1. The van der Waals surface area contributed by atoms with Crippen molar-refractivity contribution in [3.63, 3.8) is 0 Å². The first-order valence-electron chi connectivity index (χ1n) is 8.35. The molecule has 2 fully saturated rings. The molecule has 0 aliphatic carbocycles. The first-order chi connectivity index (χ1) is 10.8. The Labute approximate surface area is 132 Å². The Kier molecular flexibility index (Phi) is 5.11. The van der Waals surface area contributed by atoms with Gasteiger partial charge in [0.2, 0.25) is 5.91 Å². The molecule has 1 N–H and O–H groups in total. The Bertz CT molecular complexity index is 476. The van der Waals surface area contributed by atoms with Gasteiger partial charge < -0.3 is 14.7 Å². The number of carbonyl (C=O) groups excluding carboxylic acids is 1. The second-order valence-electron chi connectivity index (χ2n) is 6.43. The minimum Gasteiger partial charge on any atom is -0.388 e. The van der Waals surface area contributed by atoms with Crippen LogP contribution in [-0.4, -0.2) is 42.2 Å². The number of amides is 1. The number of aliphatic hydroxyl groups is 1. The molecular weight excluding hydrogens is 278 g/mol. The number of ether oxygens (including phenoxy) is 1. The smallest absolute Gasteiger partial charge is 0.228 e. The van der Waals surface area contributed by atoms with Crippen molar-refractivity contribution in [2.24, 2.45) is 11.8 Å². The fraction of sp³-hybridized carbons (Fsp3) is 0.611. The van der Waals surface area contributed by atoms with Gasteiger partial charge in [0.05, 0.1) is 18.6 Å².